The predicted molar refractivity (Wildman–Crippen MR) is 57.1 cm³/mol. The molecule has 16 heavy (non-hydrogen) atoms. The Morgan fingerprint density at radius 2 is 1.88 bits per heavy atom. The lowest BCUT2D eigenvalue weighted by Crippen LogP contribution is -1.97. The summed E-state index contributed by atoms with van der Waals surface area (Å²) in [7, 11) is -3.34. The fraction of sp³-hybridized carbons (Fsp3) is 0.100. The van der Waals surface area contributed by atoms with Crippen molar-refractivity contribution in [3.63, 3.8) is 0 Å². The number of aromatic amines is 1. The molecule has 2 rings (SSSR count). The second kappa shape index (κ2) is 3.71. The number of hydrogen-bond donors (Lipinski definition) is 1. The van der Waals surface area contributed by atoms with Crippen molar-refractivity contribution < 1.29 is 12.8 Å². The zero-order valence-corrected chi connectivity index (χ0v) is 9.25. The monoisotopic (exact) mass is 240 g/mol. The Kier molecular flexibility index (Phi) is 2.51. The highest BCUT2D eigenvalue weighted by Gasteiger charge is 2.16. The summed E-state index contributed by atoms with van der Waals surface area (Å²) in [5, 5.41) is 6.29. The van der Waals surface area contributed by atoms with Crippen LogP contribution in [-0.4, -0.2) is 24.9 Å². The van der Waals surface area contributed by atoms with Gasteiger partial charge in [-0.25, -0.2) is 12.8 Å². The van der Waals surface area contributed by atoms with Crippen molar-refractivity contribution >= 4 is 9.84 Å². The van der Waals surface area contributed by atoms with Crippen molar-refractivity contribution in [2.45, 2.75) is 4.90 Å². The summed E-state index contributed by atoms with van der Waals surface area (Å²) in [5.74, 6) is -0.371. The van der Waals surface area contributed by atoms with Gasteiger partial charge in [0.2, 0.25) is 0 Å². The van der Waals surface area contributed by atoms with E-state index in [-0.39, 0.29) is 10.7 Å². The molecule has 0 aliphatic heterocycles. The topological polar surface area (TPSA) is 62.8 Å². The van der Waals surface area contributed by atoms with E-state index in [0.29, 0.717) is 11.3 Å². The van der Waals surface area contributed by atoms with Gasteiger partial charge in [-0.3, -0.25) is 5.10 Å². The minimum Gasteiger partial charge on any atom is -0.276 e. The Morgan fingerprint density at radius 1 is 1.25 bits per heavy atom. The van der Waals surface area contributed by atoms with Crippen molar-refractivity contribution in [3.05, 3.63) is 36.3 Å². The molecule has 6 heteroatoms. The van der Waals surface area contributed by atoms with Crippen LogP contribution in [0.5, 0.6) is 0 Å². The molecule has 0 aliphatic rings. The maximum Gasteiger partial charge on any atom is 0.179 e. The van der Waals surface area contributed by atoms with Gasteiger partial charge in [0.25, 0.3) is 0 Å². The first-order valence-corrected chi connectivity index (χ1v) is 6.37. The second-order valence-electron chi connectivity index (χ2n) is 3.39. The van der Waals surface area contributed by atoms with Crippen LogP contribution in [0.1, 0.15) is 0 Å². The van der Waals surface area contributed by atoms with E-state index < -0.39 is 9.84 Å². The number of benzene rings is 1. The average Bonchev–Trinajstić information content (AvgIpc) is 2.66. The lowest BCUT2D eigenvalue weighted by atomic mass is 10.1. The zero-order valence-electron chi connectivity index (χ0n) is 8.44. The number of nitrogens with one attached hydrogen (secondary N) is 1. The summed E-state index contributed by atoms with van der Waals surface area (Å²) < 4.78 is 35.6. The summed E-state index contributed by atoms with van der Waals surface area (Å²) in [6.45, 7) is 0. The van der Waals surface area contributed by atoms with E-state index in [2.05, 4.69) is 10.2 Å². The maximum atomic E-state index is 12.7. The van der Waals surface area contributed by atoms with Gasteiger partial charge in [0, 0.05) is 11.8 Å². The number of halogens is 1. The first-order valence-electron chi connectivity index (χ1n) is 4.48. The highest BCUT2D eigenvalue weighted by molar-refractivity contribution is 7.90. The zero-order chi connectivity index (χ0) is 11.8. The molecule has 0 aliphatic carbocycles. The van der Waals surface area contributed by atoms with Gasteiger partial charge in [-0.05, 0) is 24.3 Å². The lowest BCUT2D eigenvalue weighted by Gasteiger charge is -2.00. The van der Waals surface area contributed by atoms with Crippen molar-refractivity contribution in [2.75, 3.05) is 6.26 Å². The summed E-state index contributed by atoms with van der Waals surface area (Å²) in [6, 6.07) is 5.53. The highest BCUT2D eigenvalue weighted by Crippen LogP contribution is 2.24. The molecular formula is C10H9FN2O2S. The Morgan fingerprint density at radius 3 is 2.44 bits per heavy atom. The van der Waals surface area contributed by atoms with E-state index in [9.17, 15) is 12.8 Å². The standard InChI is InChI=1S/C10H9FN2O2S/c1-16(14,15)9-6-12-13-10(9)7-2-4-8(11)5-3-7/h2-6H,1H3,(H,12,13). The Balaban J connectivity index is 2.58. The third-order valence-corrected chi connectivity index (χ3v) is 3.25. The fourth-order valence-corrected chi connectivity index (χ4v) is 2.16. The number of nitrogens with zero attached hydrogens (tertiary/aromatic N) is 1. The Hall–Kier alpha value is -1.69. The van der Waals surface area contributed by atoms with Crippen molar-refractivity contribution in [3.8, 4) is 11.3 Å². The van der Waals surface area contributed by atoms with Crippen LogP contribution < -0.4 is 0 Å². The van der Waals surface area contributed by atoms with E-state index in [1.807, 2.05) is 0 Å². The lowest BCUT2D eigenvalue weighted by molar-refractivity contribution is 0.602. The third kappa shape index (κ3) is 1.96. The van der Waals surface area contributed by atoms with Crippen LogP contribution in [0.15, 0.2) is 35.4 Å². The highest BCUT2D eigenvalue weighted by atomic mass is 32.2. The average molecular weight is 240 g/mol. The van der Waals surface area contributed by atoms with Crippen LogP contribution in [0.25, 0.3) is 11.3 Å². The van der Waals surface area contributed by atoms with Crippen LogP contribution in [0.4, 0.5) is 4.39 Å². The van der Waals surface area contributed by atoms with Crippen molar-refractivity contribution in [1.82, 2.24) is 10.2 Å². The number of hydrogen-bond acceptors (Lipinski definition) is 3. The molecule has 0 saturated heterocycles. The molecule has 0 atom stereocenters. The smallest absolute Gasteiger partial charge is 0.179 e. The van der Waals surface area contributed by atoms with Gasteiger partial charge in [-0.15, -0.1) is 0 Å². The number of H-pyrrole nitrogens is 1. The minimum atomic E-state index is -3.34. The van der Waals surface area contributed by atoms with Gasteiger partial charge >= 0.3 is 0 Å². The van der Waals surface area contributed by atoms with Gasteiger partial charge in [0.1, 0.15) is 10.7 Å². The molecular weight excluding hydrogens is 231 g/mol. The summed E-state index contributed by atoms with van der Waals surface area (Å²) in [6.07, 6.45) is 2.35. The molecule has 1 aromatic carbocycles. The maximum absolute atomic E-state index is 12.7. The molecule has 2 aromatic rings. The van der Waals surface area contributed by atoms with Gasteiger partial charge in [-0.1, -0.05) is 0 Å². The predicted octanol–water partition coefficient (Wildman–Crippen LogP) is 1.62. The first kappa shape index (κ1) is 10.8. The van der Waals surface area contributed by atoms with Gasteiger partial charge in [-0.2, -0.15) is 5.10 Å². The quantitative estimate of drug-likeness (QED) is 0.867. The van der Waals surface area contributed by atoms with Crippen LogP contribution in [0, 0.1) is 5.82 Å². The molecule has 0 spiro atoms. The molecule has 0 amide bonds. The molecule has 84 valence electrons. The summed E-state index contributed by atoms with van der Waals surface area (Å²) in [5.41, 5.74) is 0.960. The van der Waals surface area contributed by atoms with Gasteiger partial charge in [0.05, 0.1) is 11.9 Å². The van der Waals surface area contributed by atoms with Crippen LogP contribution in [0.3, 0.4) is 0 Å². The largest absolute Gasteiger partial charge is 0.276 e. The van der Waals surface area contributed by atoms with Crippen LogP contribution in [0.2, 0.25) is 0 Å². The van der Waals surface area contributed by atoms with Crippen LogP contribution >= 0.6 is 0 Å². The van der Waals surface area contributed by atoms with Crippen LogP contribution in [-0.2, 0) is 9.84 Å². The Bertz CT molecular complexity index is 602. The molecule has 1 heterocycles. The van der Waals surface area contributed by atoms with E-state index in [4.69, 9.17) is 0 Å². The molecule has 0 unspecified atom stereocenters. The molecule has 1 aromatic heterocycles. The fourth-order valence-electron chi connectivity index (χ4n) is 1.38. The minimum absolute atomic E-state index is 0.110. The van der Waals surface area contributed by atoms with Gasteiger partial charge in [0.15, 0.2) is 9.84 Å². The normalized spacial score (nSPS) is 11.6. The number of aromatic nitrogens is 2. The first-order chi connectivity index (χ1) is 7.48. The second-order valence-corrected chi connectivity index (χ2v) is 5.37. The molecule has 0 bridgehead atoms. The van der Waals surface area contributed by atoms with Gasteiger partial charge < -0.3 is 0 Å². The Labute approximate surface area is 92.0 Å². The van der Waals surface area contributed by atoms with E-state index in [1.165, 1.54) is 30.5 Å². The summed E-state index contributed by atoms with van der Waals surface area (Å²) >= 11 is 0. The molecule has 0 fully saturated rings. The number of sulfone groups is 1. The molecule has 0 radical (unpaired) electrons. The van der Waals surface area contributed by atoms with E-state index >= 15 is 0 Å². The third-order valence-electron chi connectivity index (χ3n) is 2.14. The number of rotatable bonds is 2. The molecule has 4 nitrogen and oxygen atoms in total. The summed E-state index contributed by atoms with van der Waals surface area (Å²) in [4.78, 5) is 0.110. The van der Waals surface area contributed by atoms with E-state index in [1.54, 1.807) is 0 Å². The SMILES string of the molecule is CS(=O)(=O)c1cn[nH]c1-c1ccc(F)cc1. The molecule has 0 saturated carbocycles. The van der Waals surface area contributed by atoms with E-state index in [0.717, 1.165) is 6.26 Å². The van der Waals surface area contributed by atoms with Crippen molar-refractivity contribution in [1.29, 1.82) is 0 Å². The van der Waals surface area contributed by atoms with Crippen molar-refractivity contribution in [2.24, 2.45) is 0 Å². The molecule has 1 N–H and O–H groups in total.